The van der Waals surface area contributed by atoms with Crippen molar-refractivity contribution in [1.82, 2.24) is 15.5 Å². The summed E-state index contributed by atoms with van der Waals surface area (Å²) in [5.41, 5.74) is 0.483. The minimum Gasteiger partial charge on any atom is -0.353 e. The molecule has 1 aliphatic heterocycles. The van der Waals surface area contributed by atoms with E-state index in [-0.39, 0.29) is 18.4 Å². The summed E-state index contributed by atoms with van der Waals surface area (Å²) in [6.07, 6.45) is 11.6. The predicted octanol–water partition coefficient (Wildman–Crippen LogP) is 5.47. The number of likely N-dealkylation sites (N-methyl/N-ethyl adjacent to an activating group) is 1. The highest BCUT2D eigenvalue weighted by Crippen LogP contribution is 2.35. The van der Waals surface area contributed by atoms with Crippen LogP contribution in [-0.4, -0.2) is 55.7 Å². The lowest BCUT2D eigenvalue weighted by Gasteiger charge is -2.48. The van der Waals surface area contributed by atoms with E-state index in [1.54, 1.807) is 0 Å². The maximum atomic E-state index is 13.8. The highest BCUT2D eigenvalue weighted by molar-refractivity contribution is 5.75. The van der Waals surface area contributed by atoms with Gasteiger partial charge in [0, 0.05) is 32.2 Å². The number of rotatable bonds is 12. The zero-order valence-electron chi connectivity index (χ0n) is 21.7. The van der Waals surface area contributed by atoms with Crippen LogP contribution in [0.15, 0.2) is 30.3 Å². The van der Waals surface area contributed by atoms with E-state index < -0.39 is 5.72 Å². The first kappa shape index (κ1) is 27.0. The van der Waals surface area contributed by atoms with E-state index >= 15 is 0 Å². The van der Waals surface area contributed by atoms with Crippen LogP contribution in [0, 0.1) is 5.92 Å². The Labute approximate surface area is 207 Å². The van der Waals surface area contributed by atoms with Crippen LogP contribution in [0.2, 0.25) is 0 Å². The van der Waals surface area contributed by atoms with Crippen molar-refractivity contribution in [2.24, 2.45) is 5.92 Å². The number of amides is 2. The standard InChI is InChI=1S/C28H47N3O3/c1-4-26(33-5-2)34-28(21-24-16-10-7-11-17-24)18-12-13-19-31(28)27(32)30-25(22-29-3)20-23-14-8-6-9-15-23/h7,10-11,16-17,23,25-26,29H,4-6,8-9,12-15,18-22H2,1-3H3,(H,30,32). The van der Waals surface area contributed by atoms with Gasteiger partial charge in [-0.1, -0.05) is 69.4 Å². The Morgan fingerprint density at radius 2 is 1.88 bits per heavy atom. The van der Waals surface area contributed by atoms with Crippen LogP contribution in [0.25, 0.3) is 0 Å². The molecule has 1 aromatic carbocycles. The maximum Gasteiger partial charge on any atom is 0.319 e. The van der Waals surface area contributed by atoms with Gasteiger partial charge in [0.2, 0.25) is 0 Å². The number of benzene rings is 1. The quantitative estimate of drug-likeness (QED) is 0.395. The smallest absolute Gasteiger partial charge is 0.319 e. The number of piperidine rings is 1. The van der Waals surface area contributed by atoms with E-state index in [1.807, 2.05) is 24.9 Å². The molecule has 1 heterocycles. The van der Waals surface area contributed by atoms with E-state index in [4.69, 9.17) is 9.47 Å². The summed E-state index contributed by atoms with van der Waals surface area (Å²) in [5.74, 6) is 0.710. The summed E-state index contributed by atoms with van der Waals surface area (Å²) in [6, 6.07) is 10.5. The van der Waals surface area contributed by atoms with Crippen molar-refractivity contribution in [3.63, 3.8) is 0 Å². The summed E-state index contributed by atoms with van der Waals surface area (Å²) in [5, 5.41) is 6.70. The fourth-order valence-electron chi connectivity index (χ4n) is 5.74. The van der Waals surface area contributed by atoms with Crippen LogP contribution in [-0.2, 0) is 15.9 Å². The van der Waals surface area contributed by atoms with E-state index in [0.29, 0.717) is 25.5 Å². The second-order valence-corrected chi connectivity index (χ2v) is 10.1. The molecule has 6 heteroatoms. The predicted molar refractivity (Wildman–Crippen MR) is 138 cm³/mol. The van der Waals surface area contributed by atoms with Gasteiger partial charge in [0.05, 0.1) is 0 Å². The number of ether oxygens (including phenoxy) is 2. The minimum atomic E-state index is -0.700. The monoisotopic (exact) mass is 473 g/mol. The lowest BCUT2D eigenvalue weighted by atomic mass is 9.85. The van der Waals surface area contributed by atoms with Crippen molar-refractivity contribution in [3.8, 4) is 0 Å². The Morgan fingerprint density at radius 3 is 2.56 bits per heavy atom. The van der Waals surface area contributed by atoms with Gasteiger partial charge in [-0.3, -0.25) is 4.90 Å². The van der Waals surface area contributed by atoms with Gasteiger partial charge in [0.25, 0.3) is 0 Å². The molecule has 3 atom stereocenters. The number of hydrogen-bond donors (Lipinski definition) is 2. The van der Waals surface area contributed by atoms with Crippen molar-refractivity contribution >= 4 is 6.03 Å². The third-order valence-electron chi connectivity index (χ3n) is 7.42. The summed E-state index contributed by atoms with van der Waals surface area (Å²) < 4.78 is 12.6. The van der Waals surface area contributed by atoms with Gasteiger partial charge in [-0.25, -0.2) is 4.79 Å². The van der Waals surface area contributed by atoms with Crippen molar-refractivity contribution < 1.29 is 14.3 Å². The average Bonchev–Trinajstić information content (AvgIpc) is 2.85. The molecule has 1 aromatic rings. The molecule has 1 saturated carbocycles. The molecule has 3 unspecified atom stereocenters. The van der Waals surface area contributed by atoms with Gasteiger partial charge in [-0.2, -0.15) is 0 Å². The molecule has 34 heavy (non-hydrogen) atoms. The molecule has 3 rings (SSSR count). The number of hydrogen-bond acceptors (Lipinski definition) is 4. The molecule has 2 fully saturated rings. The van der Waals surface area contributed by atoms with E-state index in [1.165, 1.54) is 37.7 Å². The highest BCUT2D eigenvalue weighted by Gasteiger charge is 2.45. The molecule has 192 valence electrons. The first-order valence-electron chi connectivity index (χ1n) is 13.7. The Bertz CT molecular complexity index is 710. The summed E-state index contributed by atoms with van der Waals surface area (Å²) in [7, 11) is 1.97. The highest BCUT2D eigenvalue weighted by atomic mass is 16.7. The largest absolute Gasteiger partial charge is 0.353 e. The molecule has 2 aliphatic rings. The lowest BCUT2D eigenvalue weighted by Crippen LogP contribution is -2.62. The molecular formula is C28H47N3O3. The van der Waals surface area contributed by atoms with Gasteiger partial charge >= 0.3 is 6.03 Å². The average molecular weight is 474 g/mol. The summed E-state index contributed by atoms with van der Waals surface area (Å²) in [4.78, 5) is 15.8. The molecule has 0 aromatic heterocycles. The van der Waals surface area contributed by atoms with Crippen molar-refractivity contribution in [2.45, 2.75) is 103 Å². The molecular weight excluding hydrogens is 426 g/mol. The summed E-state index contributed by atoms with van der Waals surface area (Å²) >= 11 is 0. The Hall–Kier alpha value is -1.63. The summed E-state index contributed by atoms with van der Waals surface area (Å²) in [6.45, 7) is 6.17. The lowest BCUT2D eigenvalue weighted by molar-refractivity contribution is -0.258. The third-order valence-corrected chi connectivity index (χ3v) is 7.42. The topological polar surface area (TPSA) is 62.8 Å². The van der Waals surface area contributed by atoms with Crippen molar-refractivity contribution in [2.75, 3.05) is 26.7 Å². The number of likely N-dealkylation sites (tertiary alicyclic amines) is 1. The number of nitrogens with zero attached hydrogens (tertiary/aromatic N) is 1. The van der Waals surface area contributed by atoms with E-state index in [9.17, 15) is 4.79 Å². The molecule has 1 aliphatic carbocycles. The molecule has 2 amide bonds. The number of urea groups is 1. The zero-order chi connectivity index (χ0) is 24.2. The van der Waals surface area contributed by atoms with Gasteiger partial charge in [-0.15, -0.1) is 0 Å². The fourth-order valence-corrected chi connectivity index (χ4v) is 5.74. The fraction of sp³-hybridized carbons (Fsp3) is 0.750. The maximum absolute atomic E-state index is 13.8. The molecule has 2 N–H and O–H groups in total. The minimum absolute atomic E-state index is 0.00181. The molecule has 0 bridgehead atoms. The Kier molecular flexibility index (Phi) is 11.1. The molecule has 1 saturated heterocycles. The van der Waals surface area contributed by atoms with Crippen LogP contribution in [0.4, 0.5) is 4.79 Å². The second kappa shape index (κ2) is 14.1. The number of carbonyl (C=O) groups is 1. The van der Waals surface area contributed by atoms with Crippen molar-refractivity contribution in [3.05, 3.63) is 35.9 Å². The SMILES string of the molecule is CCOC(CC)OC1(Cc2ccccc2)CCCCN1C(=O)NC(CNC)CC1CCCCC1. The van der Waals surface area contributed by atoms with E-state index in [2.05, 4.69) is 41.8 Å². The van der Waals surface area contributed by atoms with Gasteiger partial charge in [-0.05, 0) is 57.6 Å². The van der Waals surface area contributed by atoms with E-state index in [0.717, 1.165) is 38.6 Å². The van der Waals surface area contributed by atoms with Crippen LogP contribution in [0.1, 0.15) is 83.6 Å². The second-order valence-electron chi connectivity index (χ2n) is 10.1. The number of nitrogens with one attached hydrogen (secondary N) is 2. The van der Waals surface area contributed by atoms with Gasteiger partial charge < -0.3 is 20.1 Å². The van der Waals surface area contributed by atoms with Crippen LogP contribution < -0.4 is 10.6 Å². The normalized spacial score (nSPS) is 23.4. The molecule has 0 spiro atoms. The van der Waals surface area contributed by atoms with Crippen LogP contribution >= 0.6 is 0 Å². The third kappa shape index (κ3) is 7.69. The number of carbonyl (C=O) groups excluding carboxylic acids is 1. The van der Waals surface area contributed by atoms with Crippen LogP contribution in [0.3, 0.4) is 0 Å². The molecule has 0 radical (unpaired) electrons. The molecule has 6 nitrogen and oxygen atoms in total. The van der Waals surface area contributed by atoms with Crippen molar-refractivity contribution in [1.29, 1.82) is 0 Å². The first-order chi connectivity index (χ1) is 16.6. The van der Waals surface area contributed by atoms with Gasteiger partial charge in [0.1, 0.15) is 0 Å². The Morgan fingerprint density at radius 1 is 1.12 bits per heavy atom. The first-order valence-corrected chi connectivity index (χ1v) is 13.7. The van der Waals surface area contributed by atoms with Gasteiger partial charge in [0.15, 0.2) is 12.0 Å². The zero-order valence-corrected chi connectivity index (χ0v) is 21.7. The Balaban J connectivity index is 1.80. The van der Waals surface area contributed by atoms with Crippen LogP contribution in [0.5, 0.6) is 0 Å².